The van der Waals surface area contributed by atoms with Gasteiger partial charge in [-0.3, -0.25) is 9.78 Å². The molecule has 9 heteroatoms. The van der Waals surface area contributed by atoms with Crippen LogP contribution in [0.3, 0.4) is 0 Å². The molecule has 0 radical (unpaired) electrons. The number of anilines is 2. The molecule has 0 aliphatic carbocycles. The SMILES string of the molecule is COc1cc(OC)cc(N(CCNC(C)C)c2ccc3ncc(C(=O)N4CCN(C)CC4)nc3c2)c1. The lowest BCUT2D eigenvalue weighted by molar-refractivity contribution is 0.0658. The molecular formula is C27H36N6O3. The fourth-order valence-corrected chi connectivity index (χ4v) is 4.26. The van der Waals surface area contributed by atoms with Crippen molar-refractivity contribution in [2.24, 2.45) is 0 Å². The van der Waals surface area contributed by atoms with Gasteiger partial charge in [-0.15, -0.1) is 0 Å². The highest BCUT2D eigenvalue weighted by atomic mass is 16.5. The molecule has 1 amide bonds. The van der Waals surface area contributed by atoms with Gasteiger partial charge >= 0.3 is 0 Å². The molecular weight excluding hydrogens is 456 g/mol. The second-order valence-electron chi connectivity index (χ2n) is 9.36. The molecule has 0 atom stereocenters. The third-order valence-corrected chi connectivity index (χ3v) is 6.38. The number of likely N-dealkylation sites (N-methyl/N-ethyl adjacent to an activating group) is 1. The Morgan fingerprint density at radius 1 is 1.00 bits per heavy atom. The molecule has 192 valence electrons. The molecule has 36 heavy (non-hydrogen) atoms. The molecule has 3 aromatic rings. The predicted octanol–water partition coefficient (Wildman–Crippen LogP) is 3.17. The first kappa shape index (κ1) is 25.7. The van der Waals surface area contributed by atoms with Gasteiger partial charge in [-0.2, -0.15) is 0 Å². The van der Waals surface area contributed by atoms with Gasteiger partial charge < -0.3 is 29.5 Å². The first-order chi connectivity index (χ1) is 17.4. The van der Waals surface area contributed by atoms with Crippen LogP contribution in [0.1, 0.15) is 24.3 Å². The van der Waals surface area contributed by atoms with Crippen molar-refractivity contribution in [1.29, 1.82) is 0 Å². The van der Waals surface area contributed by atoms with Crippen LogP contribution in [0.2, 0.25) is 0 Å². The summed E-state index contributed by atoms with van der Waals surface area (Å²) in [5.41, 5.74) is 3.69. The molecule has 4 rings (SSSR count). The summed E-state index contributed by atoms with van der Waals surface area (Å²) in [4.78, 5) is 28.6. The van der Waals surface area contributed by atoms with Gasteiger partial charge in [0.05, 0.1) is 31.4 Å². The van der Waals surface area contributed by atoms with Gasteiger partial charge in [0.1, 0.15) is 17.2 Å². The molecule has 0 unspecified atom stereocenters. The van der Waals surface area contributed by atoms with E-state index in [1.807, 2.05) is 41.3 Å². The number of fused-ring (bicyclic) bond motifs is 1. The highest BCUT2D eigenvalue weighted by Crippen LogP contribution is 2.33. The minimum atomic E-state index is -0.0709. The van der Waals surface area contributed by atoms with E-state index >= 15 is 0 Å². The number of benzene rings is 2. The zero-order chi connectivity index (χ0) is 25.7. The number of amides is 1. The van der Waals surface area contributed by atoms with Crippen molar-refractivity contribution in [1.82, 2.24) is 25.1 Å². The number of piperazine rings is 1. The fourth-order valence-electron chi connectivity index (χ4n) is 4.26. The first-order valence-electron chi connectivity index (χ1n) is 12.4. The molecule has 1 aromatic heterocycles. The molecule has 1 aliphatic heterocycles. The molecule has 2 heterocycles. The average Bonchev–Trinajstić information content (AvgIpc) is 2.90. The van der Waals surface area contributed by atoms with E-state index < -0.39 is 0 Å². The first-order valence-corrected chi connectivity index (χ1v) is 12.4. The Morgan fingerprint density at radius 2 is 1.69 bits per heavy atom. The quantitative estimate of drug-likeness (QED) is 0.488. The summed E-state index contributed by atoms with van der Waals surface area (Å²) in [5, 5.41) is 3.49. The molecule has 0 spiro atoms. The highest BCUT2D eigenvalue weighted by molar-refractivity contribution is 5.94. The molecule has 0 bridgehead atoms. The Hall–Kier alpha value is -3.43. The lowest BCUT2D eigenvalue weighted by Crippen LogP contribution is -2.47. The van der Waals surface area contributed by atoms with Crippen LogP contribution in [0.5, 0.6) is 11.5 Å². The van der Waals surface area contributed by atoms with Crippen molar-refractivity contribution in [3.05, 3.63) is 48.3 Å². The van der Waals surface area contributed by atoms with Crippen LogP contribution in [0.4, 0.5) is 11.4 Å². The Labute approximate surface area is 213 Å². The zero-order valence-corrected chi connectivity index (χ0v) is 21.8. The summed E-state index contributed by atoms with van der Waals surface area (Å²) in [6.45, 7) is 8.87. The van der Waals surface area contributed by atoms with E-state index in [0.717, 1.165) is 36.5 Å². The molecule has 1 aliphatic rings. The Balaban J connectivity index is 1.68. The van der Waals surface area contributed by atoms with Gasteiger partial charge in [0.2, 0.25) is 0 Å². The number of rotatable bonds is 9. The maximum atomic E-state index is 13.1. The molecule has 1 fully saturated rings. The summed E-state index contributed by atoms with van der Waals surface area (Å²) in [7, 11) is 5.36. The summed E-state index contributed by atoms with van der Waals surface area (Å²) in [6, 6.07) is 12.2. The number of nitrogens with zero attached hydrogens (tertiary/aromatic N) is 5. The van der Waals surface area contributed by atoms with Gasteiger partial charge in [0, 0.05) is 74.9 Å². The summed E-state index contributed by atoms with van der Waals surface area (Å²) in [6.07, 6.45) is 1.58. The Bertz CT molecular complexity index is 1170. The van der Waals surface area contributed by atoms with E-state index in [0.29, 0.717) is 48.4 Å². The maximum absolute atomic E-state index is 13.1. The number of carbonyl (C=O) groups is 1. The number of hydrogen-bond donors (Lipinski definition) is 1. The monoisotopic (exact) mass is 492 g/mol. The second kappa shape index (κ2) is 11.5. The Kier molecular flexibility index (Phi) is 8.22. The zero-order valence-electron chi connectivity index (χ0n) is 21.8. The van der Waals surface area contributed by atoms with Crippen LogP contribution in [0.25, 0.3) is 11.0 Å². The van der Waals surface area contributed by atoms with Gasteiger partial charge in [-0.25, -0.2) is 4.98 Å². The molecule has 9 nitrogen and oxygen atoms in total. The molecule has 2 aromatic carbocycles. The second-order valence-corrected chi connectivity index (χ2v) is 9.36. The van der Waals surface area contributed by atoms with E-state index in [1.165, 1.54) is 0 Å². The predicted molar refractivity (Wildman–Crippen MR) is 143 cm³/mol. The van der Waals surface area contributed by atoms with Gasteiger partial charge in [-0.1, -0.05) is 13.8 Å². The summed E-state index contributed by atoms with van der Waals surface area (Å²) < 4.78 is 11.0. The minimum Gasteiger partial charge on any atom is -0.497 e. The Morgan fingerprint density at radius 3 is 2.33 bits per heavy atom. The number of ether oxygens (including phenoxy) is 2. The van der Waals surface area contributed by atoms with Crippen LogP contribution in [0, 0.1) is 0 Å². The molecule has 1 saturated heterocycles. The number of carbonyl (C=O) groups excluding carboxylic acids is 1. The smallest absolute Gasteiger partial charge is 0.274 e. The maximum Gasteiger partial charge on any atom is 0.274 e. The number of hydrogen-bond acceptors (Lipinski definition) is 8. The van der Waals surface area contributed by atoms with Crippen LogP contribution < -0.4 is 19.7 Å². The van der Waals surface area contributed by atoms with E-state index in [4.69, 9.17) is 14.5 Å². The lowest BCUT2D eigenvalue weighted by Gasteiger charge is -2.32. The van der Waals surface area contributed by atoms with E-state index in [-0.39, 0.29) is 5.91 Å². The van der Waals surface area contributed by atoms with E-state index in [9.17, 15) is 4.79 Å². The van der Waals surface area contributed by atoms with Crippen molar-refractivity contribution >= 4 is 28.3 Å². The normalized spacial score (nSPS) is 14.3. The third-order valence-electron chi connectivity index (χ3n) is 6.38. The fraction of sp³-hybridized carbons (Fsp3) is 0.444. The average molecular weight is 493 g/mol. The van der Waals surface area contributed by atoms with Gasteiger partial charge in [0.25, 0.3) is 5.91 Å². The van der Waals surface area contributed by atoms with Crippen molar-refractivity contribution in [3.63, 3.8) is 0 Å². The minimum absolute atomic E-state index is 0.0709. The standard InChI is InChI=1S/C27H36N6O3/c1-19(2)28-8-9-33(21-14-22(35-4)17-23(15-21)36-5)20-6-7-24-25(16-20)30-26(18-29-24)27(34)32-12-10-31(3)11-13-32/h6-7,14-19,28H,8-13H2,1-5H3. The number of methoxy groups -OCH3 is 2. The van der Waals surface area contributed by atoms with Crippen LogP contribution >= 0.6 is 0 Å². The largest absolute Gasteiger partial charge is 0.497 e. The number of aromatic nitrogens is 2. The summed E-state index contributed by atoms with van der Waals surface area (Å²) >= 11 is 0. The lowest BCUT2D eigenvalue weighted by atomic mass is 10.2. The van der Waals surface area contributed by atoms with E-state index in [2.05, 4.69) is 41.0 Å². The summed E-state index contributed by atoms with van der Waals surface area (Å²) in [5.74, 6) is 1.36. The van der Waals surface area contributed by atoms with E-state index in [1.54, 1.807) is 20.4 Å². The van der Waals surface area contributed by atoms with Crippen molar-refractivity contribution in [2.45, 2.75) is 19.9 Å². The van der Waals surface area contributed by atoms with Gasteiger partial charge in [-0.05, 0) is 25.2 Å². The van der Waals surface area contributed by atoms with Crippen molar-refractivity contribution in [3.8, 4) is 11.5 Å². The van der Waals surface area contributed by atoms with Crippen molar-refractivity contribution in [2.75, 3.05) is 65.4 Å². The van der Waals surface area contributed by atoms with Gasteiger partial charge in [0.15, 0.2) is 0 Å². The van der Waals surface area contributed by atoms with Crippen LogP contribution in [-0.2, 0) is 0 Å². The molecule has 1 N–H and O–H groups in total. The van der Waals surface area contributed by atoms with Crippen LogP contribution in [-0.4, -0.2) is 92.3 Å². The third kappa shape index (κ3) is 6.03. The molecule has 0 saturated carbocycles. The highest BCUT2D eigenvalue weighted by Gasteiger charge is 2.22. The van der Waals surface area contributed by atoms with Crippen molar-refractivity contribution < 1.29 is 14.3 Å². The topological polar surface area (TPSA) is 83.1 Å². The van der Waals surface area contributed by atoms with Crippen LogP contribution in [0.15, 0.2) is 42.6 Å². The number of nitrogens with one attached hydrogen (secondary N) is 1.